The second-order valence-corrected chi connectivity index (χ2v) is 5.88. The van der Waals surface area contributed by atoms with Gasteiger partial charge in [0.25, 0.3) is 0 Å². The predicted molar refractivity (Wildman–Crippen MR) is 79.6 cm³/mol. The fraction of sp³-hybridized carbons (Fsp3) is 0.400. The number of hydrogen-bond donors (Lipinski definition) is 1. The lowest BCUT2D eigenvalue weighted by Gasteiger charge is -2.11. The molecule has 0 atom stereocenters. The van der Waals surface area contributed by atoms with Gasteiger partial charge in [-0.05, 0) is 38.1 Å². The summed E-state index contributed by atoms with van der Waals surface area (Å²) in [5, 5.41) is 4.29. The summed E-state index contributed by atoms with van der Waals surface area (Å²) in [6.07, 6.45) is 2.87. The summed E-state index contributed by atoms with van der Waals surface area (Å²) in [6, 6.07) is 4.64. The Morgan fingerprint density at radius 3 is 2.95 bits per heavy atom. The standard InChI is InChI=1S/C15H19FN2OS/c1-3-6-17-8-12-7-13(16)4-5-15(12)19-10-14-9-18-11(2)20-14/h4-5,7,9,17H,3,6,8,10H2,1-2H3. The Labute approximate surface area is 122 Å². The van der Waals surface area contributed by atoms with E-state index in [1.807, 2.05) is 13.1 Å². The van der Waals surface area contributed by atoms with Gasteiger partial charge in [-0.25, -0.2) is 9.37 Å². The van der Waals surface area contributed by atoms with Crippen molar-refractivity contribution in [1.29, 1.82) is 0 Å². The quantitative estimate of drug-likeness (QED) is 0.791. The molecule has 0 fully saturated rings. The van der Waals surface area contributed by atoms with Crippen LogP contribution in [0.4, 0.5) is 4.39 Å². The highest BCUT2D eigenvalue weighted by atomic mass is 32.1. The van der Waals surface area contributed by atoms with E-state index >= 15 is 0 Å². The summed E-state index contributed by atoms with van der Waals surface area (Å²) in [7, 11) is 0. The van der Waals surface area contributed by atoms with Crippen LogP contribution in [-0.2, 0) is 13.2 Å². The van der Waals surface area contributed by atoms with Crippen molar-refractivity contribution >= 4 is 11.3 Å². The monoisotopic (exact) mass is 294 g/mol. The Morgan fingerprint density at radius 1 is 1.40 bits per heavy atom. The van der Waals surface area contributed by atoms with Crippen LogP contribution in [0, 0.1) is 12.7 Å². The molecule has 108 valence electrons. The van der Waals surface area contributed by atoms with E-state index in [0.29, 0.717) is 13.2 Å². The molecule has 0 amide bonds. The van der Waals surface area contributed by atoms with Gasteiger partial charge in [-0.1, -0.05) is 6.92 Å². The van der Waals surface area contributed by atoms with E-state index < -0.39 is 0 Å². The number of nitrogens with zero attached hydrogens (tertiary/aromatic N) is 1. The van der Waals surface area contributed by atoms with E-state index in [4.69, 9.17) is 4.74 Å². The van der Waals surface area contributed by atoms with Crippen LogP contribution in [-0.4, -0.2) is 11.5 Å². The molecule has 1 heterocycles. The first-order chi connectivity index (χ1) is 9.69. The molecule has 0 aliphatic rings. The van der Waals surface area contributed by atoms with E-state index in [2.05, 4.69) is 17.2 Å². The lowest BCUT2D eigenvalue weighted by molar-refractivity contribution is 0.305. The molecule has 0 unspecified atom stereocenters. The number of nitrogens with one attached hydrogen (secondary N) is 1. The maximum Gasteiger partial charge on any atom is 0.124 e. The normalized spacial score (nSPS) is 10.8. The Kier molecular flexibility index (Phi) is 5.49. The van der Waals surface area contributed by atoms with Crippen LogP contribution in [0.3, 0.4) is 0 Å². The number of thiazole rings is 1. The number of hydrogen-bond acceptors (Lipinski definition) is 4. The van der Waals surface area contributed by atoms with E-state index in [-0.39, 0.29) is 5.82 Å². The Morgan fingerprint density at radius 2 is 2.25 bits per heavy atom. The first-order valence-electron chi connectivity index (χ1n) is 6.72. The van der Waals surface area contributed by atoms with Crippen LogP contribution >= 0.6 is 11.3 Å². The first kappa shape index (κ1) is 14.9. The fourth-order valence-electron chi connectivity index (χ4n) is 1.85. The summed E-state index contributed by atoms with van der Waals surface area (Å²) in [5.41, 5.74) is 0.847. The molecule has 20 heavy (non-hydrogen) atoms. The topological polar surface area (TPSA) is 34.1 Å². The molecule has 0 saturated heterocycles. The molecule has 1 aromatic carbocycles. The van der Waals surface area contributed by atoms with Crippen LogP contribution in [0.2, 0.25) is 0 Å². The third-order valence-corrected chi connectivity index (χ3v) is 3.69. The molecule has 0 aliphatic carbocycles. The zero-order valence-electron chi connectivity index (χ0n) is 11.8. The van der Waals surface area contributed by atoms with E-state index in [0.717, 1.165) is 34.2 Å². The average molecular weight is 294 g/mol. The first-order valence-corrected chi connectivity index (χ1v) is 7.54. The van der Waals surface area contributed by atoms with Gasteiger partial charge in [-0.2, -0.15) is 0 Å². The highest BCUT2D eigenvalue weighted by molar-refractivity contribution is 7.11. The van der Waals surface area contributed by atoms with Crippen molar-refractivity contribution in [2.24, 2.45) is 0 Å². The minimum absolute atomic E-state index is 0.237. The maximum absolute atomic E-state index is 13.3. The number of rotatable bonds is 7. The Hall–Kier alpha value is -1.46. The van der Waals surface area contributed by atoms with E-state index in [9.17, 15) is 4.39 Å². The second kappa shape index (κ2) is 7.36. The van der Waals surface area contributed by atoms with E-state index in [1.165, 1.54) is 12.1 Å². The lowest BCUT2D eigenvalue weighted by Crippen LogP contribution is -2.14. The summed E-state index contributed by atoms with van der Waals surface area (Å²) in [4.78, 5) is 5.26. The molecule has 0 saturated carbocycles. The molecule has 2 rings (SSSR count). The molecule has 0 aliphatic heterocycles. The van der Waals surface area contributed by atoms with Crippen molar-refractivity contribution in [3.8, 4) is 5.75 Å². The number of aromatic nitrogens is 1. The van der Waals surface area contributed by atoms with Crippen LogP contribution in [0.1, 0.15) is 28.8 Å². The largest absolute Gasteiger partial charge is 0.488 e. The highest BCUT2D eigenvalue weighted by Gasteiger charge is 2.07. The molecule has 5 heteroatoms. The SMILES string of the molecule is CCCNCc1cc(F)ccc1OCc1cnc(C)s1. The van der Waals surface area contributed by atoms with Crippen molar-refractivity contribution in [3.05, 3.63) is 45.7 Å². The van der Waals surface area contributed by atoms with E-state index in [1.54, 1.807) is 17.4 Å². The van der Waals surface area contributed by atoms with Gasteiger partial charge in [0, 0.05) is 18.3 Å². The smallest absolute Gasteiger partial charge is 0.124 e. The van der Waals surface area contributed by atoms with Gasteiger partial charge in [-0.3, -0.25) is 0 Å². The van der Waals surface area contributed by atoms with Crippen molar-refractivity contribution in [2.75, 3.05) is 6.54 Å². The van der Waals surface area contributed by atoms with Crippen LogP contribution in [0.15, 0.2) is 24.4 Å². The molecule has 2 aromatic rings. The molecule has 1 aromatic heterocycles. The molecular formula is C15H19FN2OS. The van der Waals surface area contributed by atoms with Gasteiger partial charge in [0.2, 0.25) is 0 Å². The molecule has 0 spiro atoms. The molecule has 3 nitrogen and oxygen atoms in total. The van der Waals surface area contributed by atoms with Crippen molar-refractivity contribution in [1.82, 2.24) is 10.3 Å². The second-order valence-electron chi connectivity index (χ2n) is 4.56. The number of benzene rings is 1. The molecule has 1 N–H and O–H groups in total. The third kappa shape index (κ3) is 4.28. The Balaban J connectivity index is 2.01. The summed E-state index contributed by atoms with van der Waals surface area (Å²) in [5.74, 6) is 0.486. The number of halogens is 1. The lowest BCUT2D eigenvalue weighted by atomic mass is 10.2. The maximum atomic E-state index is 13.3. The highest BCUT2D eigenvalue weighted by Crippen LogP contribution is 2.22. The van der Waals surface area contributed by atoms with Gasteiger partial charge in [0.15, 0.2) is 0 Å². The summed E-state index contributed by atoms with van der Waals surface area (Å²) < 4.78 is 19.1. The zero-order chi connectivity index (χ0) is 14.4. The fourth-order valence-corrected chi connectivity index (χ4v) is 2.56. The van der Waals surface area contributed by atoms with Gasteiger partial charge in [0.1, 0.15) is 18.2 Å². The summed E-state index contributed by atoms with van der Waals surface area (Å²) >= 11 is 1.61. The Bertz CT molecular complexity index is 557. The van der Waals surface area contributed by atoms with Gasteiger partial charge in [-0.15, -0.1) is 11.3 Å². The van der Waals surface area contributed by atoms with Crippen LogP contribution < -0.4 is 10.1 Å². The van der Waals surface area contributed by atoms with Crippen LogP contribution in [0.5, 0.6) is 5.75 Å². The number of aryl methyl sites for hydroxylation is 1. The third-order valence-electron chi connectivity index (χ3n) is 2.80. The van der Waals surface area contributed by atoms with Crippen molar-refractivity contribution in [2.45, 2.75) is 33.4 Å². The van der Waals surface area contributed by atoms with Gasteiger partial charge < -0.3 is 10.1 Å². The molecule has 0 bridgehead atoms. The van der Waals surface area contributed by atoms with Crippen molar-refractivity contribution in [3.63, 3.8) is 0 Å². The average Bonchev–Trinajstić information content (AvgIpc) is 2.84. The molecular weight excluding hydrogens is 275 g/mol. The molecule has 0 radical (unpaired) electrons. The van der Waals surface area contributed by atoms with Crippen LogP contribution in [0.25, 0.3) is 0 Å². The number of ether oxygens (including phenoxy) is 1. The summed E-state index contributed by atoms with van der Waals surface area (Å²) in [6.45, 7) is 6.05. The minimum Gasteiger partial charge on any atom is -0.488 e. The van der Waals surface area contributed by atoms with Gasteiger partial charge >= 0.3 is 0 Å². The minimum atomic E-state index is -0.237. The zero-order valence-corrected chi connectivity index (χ0v) is 12.6. The predicted octanol–water partition coefficient (Wildman–Crippen LogP) is 3.67. The van der Waals surface area contributed by atoms with Gasteiger partial charge in [0.05, 0.1) is 9.88 Å². The van der Waals surface area contributed by atoms with Crippen molar-refractivity contribution < 1.29 is 9.13 Å².